The number of aromatic hydroxyl groups is 2. The van der Waals surface area contributed by atoms with Gasteiger partial charge in [0.1, 0.15) is 34.2 Å². The van der Waals surface area contributed by atoms with Crippen LogP contribution in [-0.2, 0) is 0 Å². The number of fused-ring (bicyclic) bond motifs is 1. The van der Waals surface area contributed by atoms with Gasteiger partial charge in [0.15, 0.2) is 11.5 Å². The Balaban J connectivity index is 1.84. The van der Waals surface area contributed by atoms with Crippen molar-refractivity contribution in [1.29, 1.82) is 0 Å². The second-order valence-electron chi connectivity index (χ2n) is 6.68. The lowest BCUT2D eigenvalue weighted by molar-refractivity contribution is 0.406. The fourth-order valence-electron chi connectivity index (χ4n) is 3.21. The summed E-state index contributed by atoms with van der Waals surface area (Å²) in [5, 5.41) is 39.4. The zero-order chi connectivity index (χ0) is 22.5. The van der Waals surface area contributed by atoms with E-state index in [1.165, 1.54) is 14.2 Å². The Hall–Kier alpha value is -4.46. The molecule has 0 heterocycles. The molecule has 0 aliphatic carbocycles. The number of ether oxygens (including phenoxy) is 2. The van der Waals surface area contributed by atoms with Crippen molar-refractivity contribution in [3.63, 3.8) is 0 Å². The number of phenols is 2. The van der Waals surface area contributed by atoms with Gasteiger partial charge in [0.05, 0.1) is 14.2 Å². The molecule has 8 nitrogen and oxygen atoms in total. The van der Waals surface area contributed by atoms with Crippen LogP contribution >= 0.6 is 0 Å². The zero-order valence-corrected chi connectivity index (χ0v) is 17.4. The van der Waals surface area contributed by atoms with Gasteiger partial charge < -0.3 is 19.7 Å². The van der Waals surface area contributed by atoms with Crippen LogP contribution in [0.4, 0.5) is 22.7 Å². The van der Waals surface area contributed by atoms with E-state index in [9.17, 15) is 10.2 Å². The molecule has 0 radical (unpaired) electrons. The molecule has 0 fully saturated rings. The van der Waals surface area contributed by atoms with Crippen LogP contribution in [0.1, 0.15) is 0 Å². The minimum atomic E-state index is -0.448. The summed E-state index contributed by atoms with van der Waals surface area (Å²) < 4.78 is 10.6. The van der Waals surface area contributed by atoms with Crippen molar-refractivity contribution in [2.75, 3.05) is 14.2 Å². The number of nitrogens with zero attached hydrogens (tertiary/aromatic N) is 4. The molecule has 160 valence electrons. The summed E-state index contributed by atoms with van der Waals surface area (Å²) in [6.07, 6.45) is 0. The third-order valence-electron chi connectivity index (χ3n) is 4.80. The molecule has 0 bridgehead atoms. The van der Waals surface area contributed by atoms with Gasteiger partial charge in [-0.15, -0.1) is 20.5 Å². The van der Waals surface area contributed by atoms with E-state index in [-0.39, 0.29) is 11.4 Å². The lowest BCUT2D eigenvalue weighted by Crippen LogP contribution is -1.83. The van der Waals surface area contributed by atoms with E-state index in [0.29, 0.717) is 33.6 Å². The molecular formula is C24H20N4O4. The van der Waals surface area contributed by atoms with E-state index in [4.69, 9.17) is 9.47 Å². The van der Waals surface area contributed by atoms with Gasteiger partial charge in [0, 0.05) is 10.8 Å². The first-order valence-corrected chi connectivity index (χ1v) is 9.70. The third kappa shape index (κ3) is 3.93. The van der Waals surface area contributed by atoms with Crippen molar-refractivity contribution < 1.29 is 19.7 Å². The monoisotopic (exact) mass is 428 g/mol. The summed E-state index contributed by atoms with van der Waals surface area (Å²) in [4.78, 5) is 0. The third-order valence-corrected chi connectivity index (χ3v) is 4.80. The largest absolute Gasteiger partial charge is 0.503 e. The first-order valence-electron chi connectivity index (χ1n) is 9.70. The lowest BCUT2D eigenvalue weighted by atomic mass is 10.1. The number of hydrogen-bond donors (Lipinski definition) is 2. The Labute approximate surface area is 184 Å². The number of para-hydroxylation sites is 2. The van der Waals surface area contributed by atoms with E-state index in [1.54, 1.807) is 60.7 Å². The number of phenolic OH excluding ortho intramolecular Hbond substituents is 2. The summed E-state index contributed by atoms with van der Waals surface area (Å²) in [6.45, 7) is 0. The van der Waals surface area contributed by atoms with Gasteiger partial charge in [-0.1, -0.05) is 48.5 Å². The molecule has 0 unspecified atom stereocenters. The molecule has 0 aliphatic rings. The topological polar surface area (TPSA) is 108 Å². The van der Waals surface area contributed by atoms with Crippen LogP contribution in [0.2, 0.25) is 0 Å². The van der Waals surface area contributed by atoms with Crippen LogP contribution in [0.3, 0.4) is 0 Å². The highest BCUT2D eigenvalue weighted by molar-refractivity contribution is 6.05. The quantitative estimate of drug-likeness (QED) is 0.252. The Morgan fingerprint density at radius 3 is 1.31 bits per heavy atom. The highest BCUT2D eigenvalue weighted by Crippen LogP contribution is 2.50. The Bertz CT molecular complexity index is 1230. The summed E-state index contributed by atoms with van der Waals surface area (Å²) in [5.74, 6) is 0.172. The summed E-state index contributed by atoms with van der Waals surface area (Å²) in [6, 6.07) is 21.3. The number of azo groups is 2. The van der Waals surface area contributed by atoms with Crippen molar-refractivity contribution in [3.8, 4) is 23.0 Å². The van der Waals surface area contributed by atoms with Gasteiger partial charge in [-0.25, -0.2) is 0 Å². The number of hydrogen-bond acceptors (Lipinski definition) is 8. The first kappa shape index (κ1) is 20.8. The van der Waals surface area contributed by atoms with Crippen LogP contribution in [0, 0.1) is 0 Å². The summed E-state index contributed by atoms with van der Waals surface area (Å²) >= 11 is 0. The van der Waals surface area contributed by atoms with E-state index >= 15 is 0 Å². The van der Waals surface area contributed by atoms with Crippen LogP contribution in [0.15, 0.2) is 93.3 Å². The minimum absolute atomic E-state index is 0.111. The standard InChI is InChI=1S/C24H20N4O4/c1-31-19-13-7-5-11-17(19)25-27-21-15-9-3-4-10-16(15)22(24(30)23(21)29)28-26-18-12-6-8-14-20(18)32-2/h3-14,29-30H,1-2H3. The van der Waals surface area contributed by atoms with Crippen LogP contribution < -0.4 is 9.47 Å². The van der Waals surface area contributed by atoms with Crippen LogP contribution in [0.5, 0.6) is 23.0 Å². The molecule has 0 aromatic heterocycles. The molecule has 0 spiro atoms. The molecule has 0 saturated heterocycles. The van der Waals surface area contributed by atoms with E-state index in [1.807, 2.05) is 12.1 Å². The van der Waals surface area contributed by atoms with Crippen LogP contribution in [-0.4, -0.2) is 24.4 Å². The molecule has 0 amide bonds. The predicted molar refractivity (Wildman–Crippen MR) is 122 cm³/mol. The normalized spacial score (nSPS) is 11.4. The second kappa shape index (κ2) is 9.13. The number of rotatable bonds is 6. The molecule has 0 atom stereocenters. The SMILES string of the molecule is COc1ccccc1N=Nc1c(O)c(O)c(N=Nc2ccccc2OC)c2ccccc12. The fraction of sp³-hybridized carbons (Fsp3) is 0.0833. The van der Waals surface area contributed by atoms with E-state index in [0.717, 1.165) is 0 Å². The minimum Gasteiger partial charge on any atom is -0.503 e. The van der Waals surface area contributed by atoms with Crippen molar-refractivity contribution in [2.24, 2.45) is 20.5 Å². The molecule has 0 saturated carbocycles. The van der Waals surface area contributed by atoms with Crippen LogP contribution in [0.25, 0.3) is 10.8 Å². The van der Waals surface area contributed by atoms with Gasteiger partial charge >= 0.3 is 0 Å². The highest BCUT2D eigenvalue weighted by Gasteiger charge is 2.19. The summed E-state index contributed by atoms with van der Waals surface area (Å²) in [7, 11) is 3.07. The predicted octanol–water partition coefficient (Wildman–Crippen LogP) is 7.10. The average molecular weight is 428 g/mol. The second-order valence-corrected chi connectivity index (χ2v) is 6.68. The molecule has 0 aliphatic heterocycles. The maximum Gasteiger partial charge on any atom is 0.188 e. The molecule has 2 N–H and O–H groups in total. The molecular weight excluding hydrogens is 408 g/mol. The van der Waals surface area contributed by atoms with Gasteiger partial charge in [-0.2, -0.15) is 0 Å². The molecule has 4 aromatic rings. The highest BCUT2D eigenvalue weighted by atomic mass is 16.5. The smallest absolute Gasteiger partial charge is 0.188 e. The maximum absolute atomic E-state index is 10.7. The van der Waals surface area contributed by atoms with Crippen molar-refractivity contribution >= 4 is 33.5 Å². The van der Waals surface area contributed by atoms with Crippen molar-refractivity contribution in [2.45, 2.75) is 0 Å². The van der Waals surface area contributed by atoms with Crippen molar-refractivity contribution in [3.05, 3.63) is 72.8 Å². The van der Waals surface area contributed by atoms with Gasteiger partial charge in [-0.3, -0.25) is 0 Å². The fourth-order valence-corrected chi connectivity index (χ4v) is 3.21. The molecule has 4 rings (SSSR count). The average Bonchev–Trinajstić information content (AvgIpc) is 2.84. The first-order chi connectivity index (χ1) is 15.6. The molecule has 8 heteroatoms. The zero-order valence-electron chi connectivity index (χ0n) is 17.4. The Kier molecular flexibility index (Phi) is 5.94. The molecule has 32 heavy (non-hydrogen) atoms. The van der Waals surface area contributed by atoms with E-state index in [2.05, 4.69) is 20.5 Å². The van der Waals surface area contributed by atoms with E-state index < -0.39 is 11.5 Å². The van der Waals surface area contributed by atoms with Gasteiger partial charge in [-0.05, 0) is 24.3 Å². The maximum atomic E-state index is 10.7. The lowest BCUT2D eigenvalue weighted by Gasteiger charge is -2.10. The number of benzene rings is 4. The number of methoxy groups -OCH3 is 2. The summed E-state index contributed by atoms with van der Waals surface area (Å²) in [5.41, 5.74) is 1.19. The Morgan fingerprint density at radius 1 is 0.531 bits per heavy atom. The molecule has 4 aromatic carbocycles. The Morgan fingerprint density at radius 2 is 0.906 bits per heavy atom. The van der Waals surface area contributed by atoms with Crippen molar-refractivity contribution in [1.82, 2.24) is 0 Å². The van der Waals surface area contributed by atoms with Gasteiger partial charge in [0.25, 0.3) is 0 Å². The van der Waals surface area contributed by atoms with Gasteiger partial charge in [0.2, 0.25) is 0 Å².